The van der Waals surface area contributed by atoms with Crippen molar-refractivity contribution in [2.75, 3.05) is 18.5 Å². The van der Waals surface area contributed by atoms with Crippen LogP contribution in [-0.2, 0) is 6.54 Å². The van der Waals surface area contributed by atoms with E-state index in [-0.39, 0.29) is 0 Å². The van der Waals surface area contributed by atoms with E-state index in [2.05, 4.69) is 63.2 Å². The first kappa shape index (κ1) is 16.3. The Morgan fingerprint density at radius 3 is 2.47 bits per heavy atom. The second-order valence-corrected chi connectivity index (χ2v) is 6.06. The number of hydrogen-bond acceptors (Lipinski definition) is 2. The first-order valence-electron chi connectivity index (χ1n) is 7.17. The third-order valence-electron chi connectivity index (χ3n) is 3.44. The van der Waals surface area contributed by atoms with E-state index in [0.717, 1.165) is 23.8 Å². The molecule has 0 bridgehead atoms. The zero-order chi connectivity index (χ0) is 14.4. The predicted molar refractivity (Wildman–Crippen MR) is 86.2 cm³/mol. The van der Waals surface area contributed by atoms with Crippen molar-refractivity contribution in [3.63, 3.8) is 0 Å². The third-order valence-corrected chi connectivity index (χ3v) is 3.75. The van der Waals surface area contributed by atoms with Gasteiger partial charge in [-0.25, -0.2) is 0 Å². The molecule has 0 saturated heterocycles. The molecule has 0 amide bonds. The van der Waals surface area contributed by atoms with E-state index < -0.39 is 0 Å². The Hall–Kier alpha value is -0.730. The Bertz CT molecular complexity index is 390. The molecule has 0 aliphatic rings. The molecule has 1 aromatic rings. The molecule has 0 radical (unpaired) electrons. The Morgan fingerprint density at radius 1 is 1.26 bits per heavy atom. The van der Waals surface area contributed by atoms with Gasteiger partial charge in [0, 0.05) is 19.6 Å². The molecule has 0 aliphatic carbocycles. The largest absolute Gasteiger partial charge is 0.371 e. The SMILES string of the molecule is CCNCc1ccc(N(C)C(C)CC(C)C)c(Cl)c1. The van der Waals surface area contributed by atoms with Crippen LogP contribution in [0.2, 0.25) is 5.02 Å². The quantitative estimate of drug-likeness (QED) is 0.801. The highest BCUT2D eigenvalue weighted by atomic mass is 35.5. The van der Waals surface area contributed by atoms with Crippen molar-refractivity contribution >= 4 is 17.3 Å². The van der Waals surface area contributed by atoms with Crippen LogP contribution in [0.4, 0.5) is 5.69 Å². The van der Waals surface area contributed by atoms with Crippen molar-refractivity contribution in [2.45, 2.75) is 46.7 Å². The third kappa shape index (κ3) is 5.04. The monoisotopic (exact) mass is 282 g/mol. The van der Waals surface area contributed by atoms with E-state index in [0.29, 0.717) is 12.0 Å². The van der Waals surface area contributed by atoms with Gasteiger partial charge in [-0.3, -0.25) is 0 Å². The van der Waals surface area contributed by atoms with Gasteiger partial charge in [-0.15, -0.1) is 0 Å². The van der Waals surface area contributed by atoms with Crippen molar-refractivity contribution in [3.8, 4) is 0 Å². The van der Waals surface area contributed by atoms with Crippen LogP contribution in [0.25, 0.3) is 0 Å². The van der Waals surface area contributed by atoms with E-state index >= 15 is 0 Å². The number of anilines is 1. The van der Waals surface area contributed by atoms with E-state index in [1.807, 2.05) is 0 Å². The molecule has 0 fully saturated rings. The zero-order valence-electron chi connectivity index (χ0n) is 12.8. The molecule has 0 heterocycles. The average Bonchev–Trinajstić information content (AvgIpc) is 2.34. The summed E-state index contributed by atoms with van der Waals surface area (Å²) in [7, 11) is 2.12. The molecule has 1 atom stereocenters. The summed E-state index contributed by atoms with van der Waals surface area (Å²) in [5.41, 5.74) is 2.36. The highest BCUT2D eigenvalue weighted by molar-refractivity contribution is 6.33. The number of nitrogens with zero attached hydrogens (tertiary/aromatic N) is 1. The number of hydrogen-bond donors (Lipinski definition) is 1. The van der Waals surface area contributed by atoms with Crippen molar-refractivity contribution in [3.05, 3.63) is 28.8 Å². The zero-order valence-corrected chi connectivity index (χ0v) is 13.6. The van der Waals surface area contributed by atoms with Gasteiger partial charge in [0.15, 0.2) is 0 Å². The van der Waals surface area contributed by atoms with Gasteiger partial charge in [0.05, 0.1) is 10.7 Å². The molecular formula is C16H27ClN2. The molecule has 1 unspecified atom stereocenters. The molecule has 2 nitrogen and oxygen atoms in total. The van der Waals surface area contributed by atoms with Gasteiger partial charge in [0.1, 0.15) is 0 Å². The summed E-state index contributed by atoms with van der Waals surface area (Å²) in [6.45, 7) is 10.7. The molecule has 0 spiro atoms. The molecule has 19 heavy (non-hydrogen) atoms. The van der Waals surface area contributed by atoms with Crippen molar-refractivity contribution in [1.82, 2.24) is 5.32 Å². The van der Waals surface area contributed by atoms with Crippen molar-refractivity contribution in [1.29, 1.82) is 0 Å². The standard InChI is InChI=1S/C16H27ClN2/c1-6-18-11-14-7-8-16(15(17)10-14)19(5)13(4)9-12(2)3/h7-8,10,12-13,18H,6,9,11H2,1-5H3. The summed E-state index contributed by atoms with van der Waals surface area (Å²) in [4.78, 5) is 2.28. The fourth-order valence-electron chi connectivity index (χ4n) is 2.29. The first-order valence-corrected chi connectivity index (χ1v) is 7.55. The van der Waals surface area contributed by atoms with Crippen molar-refractivity contribution in [2.24, 2.45) is 5.92 Å². The van der Waals surface area contributed by atoms with Crippen LogP contribution in [0.3, 0.4) is 0 Å². The maximum Gasteiger partial charge on any atom is 0.0642 e. The van der Waals surface area contributed by atoms with Gasteiger partial charge < -0.3 is 10.2 Å². The molecule has 1 rings (SSSR count). The normalized spacial score (nSPS) is 12.8. The Kier molecular flexibility index (Phi) is 6.67. The summed E-state index contributed by atoms with van der Waals surface area (Å²) >= 11 is 6.41. The minimum Gasteiger partial charge on any atom is -0.371 e. The summed E-state index contributed by atoms with van der Waals surface area (Å²) in [5.74, 6) is 0.698. The number of benzene rings is 1. The maximum atomic E-state index is 6.41. The van der Waals surface area contributed by atoms with Crippen LogP contribution >= 0.6 is 11.6 Å². The van der Waals surface area contributed by atoms with Gasteiger partial charge in [-0.1, -0.05) is 38.4 Å². The second kappa shape index (κ2) is 7.76. The predicted octanol–water partition coefficient (Wildman–Crippen LogP) is 4.32. The smallest absolute Gasteiger partial charge is 0.0642 e. The lowest BCUT2D eigenvalue weighted by molar-refractivity contribution is 0.504. The molecule has 0 aliphatic heterocycles. The summed E-state index contributed by atoms with van der Waals surface area (Å²) in [5, 5.41) is 4.16. The van der Waals surface area contributed by atoms with E-state index in [1.165, 1.54) is 12.0 Å². The van der Waals surface area contributed by atoms with E-state index in [4.69, 9.17) is 11.6 Å². The van der Waals surface area contributed by atoms with Crippen LogP contribution in [0, 0.1) is 5.92 Å². The minimum absolute atomic E-state index is 0.497. The molecule has 0 aromatic heterocycles. The van der Waals surface area contributed by atoms with Gasteiger partial charge in [0.2, 0.25) is 0 Å². The Morgan fingerprint density at radius 2 is 1.95 bits per heavy atom. The van der Waals surface area contributed by atoms with Gasteiger partial charge >= 0.3 is 0 Å². The molecular weight excluding hydrogens is 256 g/mol. The highest BCUT2D eigenvalue weighted by Gasteiger charge is 2.14. The fraction of sp³-hybridized carbons (Fsp3) is 0.625. The lowest BCUT2D eigenvalue weighted by atomic mass is 10.0. The topological polar surface area (TPSA) is 15.3 Å². The number of rotatable bonds is 7. The van der Waals surface area contributed by atoms with Gasteiger partial charge in [-0.05, 0) is 43.5 Å². The molecule has 0 saturated carbocycles. The van der Waals surface area contributed by atoms with Crippen molar-refractivity contribution < 1.29 is 0 Å². The molecule has 108 valence electrons. The lowest BCUT2D eigenvalue weighted by Gasteiger charge is -2.29. The van der Waals surface area contributed by atoms with Crippen LogP contribution in [-0.4, -0.2) is 19.6 Å². The number of halogens is 1. The molecule has 1 N–H and O–H groups in total. The average molecular weight is 283 g/mol. The Balaban J connectivity index is 2.77. The van der Waals surface area contributed by atoms with Crippen LogP contribution in [0.1, 0.15) is 39.7 Å². The van der Waals surface area contributed by atoms with E-state index in [9.17, 15) is 0 Å². The second-order valence-electron chi connectivity index (χ2n) is 5.66. The summed E-state index contributed by atoms with van der Waals surface area (Å²) in [6, 6.07) is 6.85. The lowest BCUT2D eigenvalue weighted by Crippen LogP contribution is -2.30. The van der Waals surface area contributed by atoms with E-state index in [1.54, 1.807) is 0 Å². The fourth-order valence-corrected chi connectivity index (χ4v) is 2.63. The van der Waals surface area contributed by atoms with Crippen LogP contribution < -0.4 is 10.2 Å². The summed E-state index contributed by atoms with van der Waals surface area (Å²) in [6.07, 6.45) is 1.17. The summed E-state index contributed by atoms with van der Waals surface area (Å²) < 4.78 is 0. The van der Waals surface area contributed by atoms with Crippen LogP contribution in [0.15, 0.2) is 18.2 Å². The van der Waals surface area contributed by atoms with Gasteiger partial charge in [0.25, 0.3) is 0 Å². The Labute approximate surface area is 123 Å². The number of nitrogens with one attached hydrogen (secondary N) is 1. The highest BCUT2D eigenvalue weighted by Crippen LogP contribution is 2.28. The minimum atomic E-state index is 0.497. The molecule has 3 heteroatoms. The maximum absolute atomic E-state index is 6.41. The first-order chi connectivity index (χ1) is 8.95. The van der Waals surface area contributed by atoms with Gasteiger partial charge in [-0.2, -0.15) is 0 Å². The molecule has 1 aromatic carbocycles. The van der Waals surface area contributed by atoms with Crippen LogP contribution in [0.5, 0.6) is 0 Å².